The van der Waals surface area contributed by atoms with Crippen LogP contribution in [0.1, 0.15) is 12.5 Å². The number of benzene rings is 1. The van der Waals surface area contributed by atoms with Crippen molar-refractivity contribution in [3.8, 4) is 5.75 Å². The molecule has 0 saturated heterocycles. The Hall–Kier alpha value is -2.30. The zero-order chi connectivity index (χ0) is 13.8. The molecule has 0 atom stereocenters. The molecule has 0 radical (unpaired) electrons. The second-order valence-corrected chi connectivity index (χ2v) is 4.19. The summed E-state index contributed by atoms with van der Waals surface area (Å²) in [6.07, 6.45) is 1.63. The van der Waals surface area contributed by atoms with Gasteiger partial charge in [0.1, 0.15) is 12.4 Å². The molecule has 2 rings (SSSR count). The first-order valence-electron chi connectivity index (χ1n) is 5.94. The molecule has 0 N–H and O–H groups in total. The predicted octanol–water partition coefficient (Wildman–Crippen LogP) is 1.97. The summed E-state index contributed by atoms with van der Waals surface area (Å²) < 4.78 is 5.36. The number of likely N-dealkylation sites (N-methyl/N-ethyl adjacent to an activating group) is 1. The van der Waals surface area contributed by atoms with Crippen molar-refractivity contribution in [3.05, 3.63) is 36.4 Å². The number of ether oxygens (including phenoxy) is 1. The smallest absolute Gasteiger partial charge is 0.264 e. The summed E-state index contributed by atoms with van der Waals surface area (Å²) in [5.74, 6) is 0.632. The van der Waals surface area contributed by atoms with Crippen molar-refractivity contribution >= 4 is 17.3 Å². The third-order valence-electron chi connectivity index (χ3n) is 2.86. The molecule has 0 fully saturated rings. The summed E-state index contributed by atoms with van der Waals surface area (Å²) in [5.41, 5.74) is 2.36. The Labute approximate surface area is 112 Å². The first-order valence-corrected chi connectivity index (χ1v) is 5.94. The van der Waals surface area contributed by atoms with Gasteiger partial charge >= 0.3 is 0 Å². The topological polar surface area (TPSA) is 51.1 Å². The quantitative estimate of drug-likeness (QED) is 0.360. The largest absolute Gasteiger partial charge is 0.482 e. The number of hydrogen-bond donors (Lipinski definition) is 0. The Morgan fingerprint density at radius 3 is 3.16 bits per heavy atom. The molecule has 0 aliphatic carbocycles. The Bertz CT molecular complexity index is 537. The van der Waals surface area contributed by atoms with Crippen molar-refractivity contribution in [3.63, 3.8) is 0 Å². The van der Waals surface area contributed by atoms with Crippen LogP contribution in [0, 0.1) is 0 Å². The zero-order valence-electron chi connectivity index (χ0n) is 11.0. The van der Waals surface area contributed by atoms with Crippen LogP contribution >= 0.6 is 0 Å². The van der Waals surface area contributed by atoms with Crippen molar-refractivity contribution in [1.82, 2.24) is 0 Å². The number of nitrogens with zero attached hydrogens (tertiary/aromatic N) is 2. The highest BCUT2D eigenvalue weighted by Gasteiger charge is 2.22. The van der Waals surface area contributed by atoms with Gasteiger partial charge in [-0.25, -0.2) is 0 Å². The lowest BCUT2D eigenvalue weighted by molar-refractivity contribution is -0.120. The maximum Gasteiger partial charge on any atom is 0.264 e. The lowest BCUT2D eigenvalue weighted by atomic mass is 10.1. The van der Waals surface area contributed by atoms with Crippen LogP contribution < -0.4 is 9.64 Å². The van der Waals surface area contributed by atoms with E-state index in [1.165, 1.54) is 0 Å². The molecule has 19 heavy (non-hydrogen) atoms. The van der Waals surface area contributed by atoms with Crippen molar-refractivity contribution < 1.29 is 14.4 Å². The third kappa shape index (κ3) is 2.76. The van der Waals surface area contributed by atoms with E-state index in [1.807, 2.05) is 25.1 Å². The molecule has 5 heteroatoms. The molecular formula is C14H16N2O3. The van der Waals surface area contributed by atoms with E-state index in [9.17, 15) is 4.79 Å². The van der Waals surface area contributed by atoms with Gasteiger partial charge in [-0.15, -0.1) is 0 Å². The van der Waals surface area contributed by atoms with Crippen LogP contribution in [-0.2, 0) is 9.63 Å². The molecule has 0 bridgehead atoms. The Morgan fingerprint density at radius 2 is 2.42 bits per heavy atom. The van der Waals surface area contributed by atoms with E-state index in [0.29, 0.717) is 12.4 Å². The number of oxime groups is 1. The Kier molecular flexibility index (Phi) is 3.85. The Balaban J connectivity index is 2.27. The predicted molar refractivity (Wildman–Crippen MR) is 73.7 cm³/mol. The van der Waals surface area contributed by atoms with Crippen molar-refractivity contribution in [1.29, 1.82) is 0 Å². The SMILES string of the molecule is C=CCO/N=C(/C)c1ccc2c(c1)N(C)C(=O)CO2. The van der Waals surface area contributed by atoms with E-state index in [0.717, 1.165) is 17.0 Å². The lowest BCUT2D eigenvalue weighted by Crippen LogP contribution is -2.35. The molecule has 1 heterocycles. The summed E-state index contributed by atoms with van der Waals surface area (Å²) in [6.45, 7) is 5.84. The van der Waals surface area contributed by atoms with Crippen molar-refractivity contribution in [2.45, 2.75) is 6.92 Å². The van der Waals surface area contributed by atoms with E-state index in [4.69, 9.17) is 9.57 Å². The minimum Gasteiger partial charge on any atom is -0.482 e. The summed E-state index contributed by atoms with van der Waals surface area (Å²) >= 11 is 0. The maximum absolute atomic E-state index is 11.6. The van der Waals surface area contributed by atoms with Gasteiger partial charge in [0.2, 0.25) is 0 Å². The second kappa shape index (κ2) is 5.56. The van der Waals surface area contributed by atoms with Crippen molar-refractivity contribution in [2.24, 2.45) is 5.16 Å². The monoisotopic (exact) mass is 260 g/mol. The van der Waals surface area contributed by atoms with Gasteiger partial charge in [0, 0.05) is 12.6 Å². The summed E-state index contributed by atoms with van der Waals surface area (Å²) in [4.78, 5) is 18.2. The van der Waals surface area contributed by atoms with E-state index in [2.05, 4.69) is 11.7 Å². The number of carbonyl (C=O) groups is 1. The van der Waals surface area contributed by atoms with Crippen LogP contribution in [0.4, 0.5) is 5.69 Å². The molecule has 5 nitrogen and oxygen atoms in total. The van der Waals surface area contributed by atoms with Gasteiger partial charge in [-0.3, -0.25) is 4.79 Å². The number of amides is 1. The van der Waals surface area contributed by atoms with Crippen LogP contribution in [0.5, 0.6) is 5.75 Å². The average Bonchev–Trinajstić information content (AvgIpc) is 2.43. The van der Waals surface area contributed by atoms with Crippen molar-refractivity contribution in [2.75, 3.05) is 25.2 Å². The molecule has 0 aromatic heterocycles. The van der Waals surface area contributed by atoms with Crippen LogP contribution in [0.2, 0.25) is 0 Å². The van der Waals surface area contributed by atoms with Crippen LogP contribution in [0.25, 0.3) is 0 Å². The molecule has 1 aromatic carbocycles. The Morgan fingerprint density at radius 1 is 1.63 bits per heavy atom. The fraction of sp³-hybridized carbons (Fsp3) is 0.286. The molecule has 1 aliphatic heterocycles. The molecular weight excluding hydrogens is 244 g/mol. The first-order chi connectivity index (χ1) is 9.13. The molecule has 0 spiro atoms. The van der Waals surface area contributed by atoms with E-state index >= 15 is 0 Å². The minimum absolute atomic E-state index is 0.0675. The van der Waals surface area contributed by atoms with E-state index < -0.39 is 0 Å². The first kappa shape index (κ1) is 13.1. The zero-order valence-corrected chi connectivity index (χ0v) is 11.0. The van der Waals surface area contributed by atoms with Gasteiger partial charge in [-0.1, -0.05) is 17.8 Å². The van der Waals surface area contributed by atoms with E-state index in [1.54, 1.807) is 18.0 Å². The van der Waals surface area contributed by atoms with E-state index in [-0.39, 0.29) is 12.5 Å². The molecule has 0 saturated carbocycles. The lowest BCUT2D eigenvalue weighted by Gasteiger charge is -2.26. The molecule has 0 unspecified atom stereocenters. The van der Waals surface area contributed by atoms with Crippen LogP contribution in [0.15, 0.2) is 36.0 Å². The molecule has 100 valence electrons. The van der Waals surface area contributed by atoms with Crippen LogP contribution in [0.3, 0.4) is 0 Å². The van der Waals surface area contributed by atoms with Gasteiger partial charge in [-0.05, 0) is 25.1 Å². The highest BCUT2D eigenvalue weighted by atomic mass is 16.6. The number of rotatable bonds is 4. The van der Waals surface area contributed by atoms with Gasteiger partial charge in [0.05, 0.1) is 11.4 Å². The highest BCUT2D eigenvalue weighted by molar-refractivity contribution is 6.02. The van der Waals surface area contributed by atoms with Gasteiger partial charge in [-0.2, -0.15) is 0 Å². The summed E-state index contributed by atoms with van der Waals surface area (Å²) in [6, 6.07) is 5.58. The fourth-order valence-electron chi connectivity index (χ4n) is 1.74. The van der Waals surface area contributed by atoms with Gasteiger partial charge in [0.15, 0.2) is 6.61 Å². The number of anilines is 1. The standard InChI is InChI=1S/C14H16N2O3/c1-4-7-19-15-10(2)11-5-6-13-12(8-11)16(3)14(17)9-18-13/h4-6,8H,1,7,9H2,2-3H3/b15-10-. The normalized spacial score (nSPS) is 14.7. The van der Waals surface area contributed by atoms with Gasteiger partial charge in [0.25, 0.3) is 5.91 Å². The number of carbonyl (C=O) groups excluding carboxylic acids is 1. The third-order valence-corrected chi connectivity index (χ3v) is 2.86. The second-order valence-electron chi connectivity index (χ2n) is 4.19. The van der Waals surface area contributed by atoms with Gasteiger partial charge < -0.3 is 14.5 Å². The molecule has 1 aliphatic rings. The fourth-order valence-corrected chi connectivity index (χ4v) is 1.74. The maximum atomic E-state index is 11.6. The number of fused-ring (bicyclic) bond motifs is 1. The molecule has 1 aromatic rings. The number of hydrogen-bond acceptors (Lipinski definition) is 4. The minimum atomic E-state index is -0.0675. The van der Waals surface area contributed by atoms with Crippen LogP contribution in [-0.4, -0.2) is 31.9 Å². The average molecular weight is 260 g/mol. The molecule has 1 amide bonds. The highest BCUT2D eigenvalue weighted by Crippen LogP contribution is 2.32. The summed E-state index contributed by atoms with van der Waals surface area (Å²) in [7, 11) is 1.73. The summed E-state index contributed by atoms with van der Waals surface area (Å²) in [5, 5.41) is 3.98.